The fraction of sp³-hybridized carbons (Fsp3) is 0.950. The van der Waals surface area contributed by atoms with E-state index in [1.165, 1.54) is 64.2 Å². The molecule has 0 amide bonds. The molecule has 21 heavy (non-hydrogen) atoms. The van der Waals surface area contributed by atoms with Gasteiger partial charge in [0.15, 0.2) is 0 Å². The summed E-state index contributed by atoms with van der Waals surface area (Å²) in [6.45, 7) is 5.21. The van der Waals surface area contributed by atoms with Crippen LogP contribution in [0.1, 0.15) is 78.1 Å². The van der Waals surface area contributed by atoms with Crippen LogP contribution in [0, 0.1) is 51.8 Å². The van der Waals surface area contributed by atoms with Crippen molar-refractivity contribution in [2.45, 2.75) is 78.1 Å². The van der Waals surface area contributed by atoms with E-state index in [2.05, 4.69) is 19.9 Å². The summed E-state index contributed by atoms with van der Waals surface area (Å²) in [6.07, 6.45) is 14.1. The molecule has 0 saturated heterocycles. The van der Waals surface area contributed by atoms with E-state index in [9.17, 15) is 5.26 Å². The molecule has 4 rings (SSSR count). The normalized spacial score (nSPS) is 56.0. The van der Waals surface area contributed by atoms with E-state index in [-0.39, 0.29) is 0 Å². The summed E-state index contributed by atoms with van der Waals surface area (Å²) in [5.41, 5.74) is 1.26. The van der Waals surface area contributed by atoms with Gasteiger partial charge in [-0.2, -0.15) is 5.26 Å². The second-order valence-electron chi connectivity index (χ2n) is 9.34. The quantitative estimate of drug-likeness (QED) is 0.571. The van der Waals surface area contributed by atoms with Gasteiger partial charge in [-0.05, 0) is 92.3 Å². The smallest absolute Gasteiger partial charge is 0.0655 e. The van der Waals surface area contributed by atoms with Gasteiger partial charge in [-0.1, -0.05) is 20.3 Å². The lowest BCUT2D eigenvalue weighted by Crippen LogP contribution is -2.52. The Bertz CT molecular complexity index is 463. The molecule has 0 unspecified atom stereocenters. The van der Waals surface area contributed by atoms with Crippen molar-refractivity contribution >= 4 is 0 Å². The maximum absolute atomic E-state index is 9.30. The van der Waals surface area contributed by atoms with Crippen molar-refractivity contribution in [3.8, 4) is 6.07 Å². The molecular weight excluding hydrogens is 254 g/mol. The molecule has 0 heterocycles. The molecule has 0 aliphatic heterocycles. The van der Waals surface area contributed by atoms with Crippen LogP contribution in [0.25, 0.3) is 0 Å². The second kappa shape index (κ2) is 4.74. The van der Waals surface area contributed by atoms with E-state index >= 15 is 0 Å². The van der Waals surface area contributed by atoms with E-state index in [0.717, 1.165) is 23.7 Å². The summed E-state index contributed by atoms with van der Waals surface area (Å²) < 4.78 is 0. The van der Waals surface area contributed by atoms with E-state index in [4.69, 9.17) is 0 Å². The minimum absolute atomic E-state index is 0.361. The highest BCUT2D eigenvalue weighted by molar-refractivity contribution is 5.08. The SMILES string of the molecule is C[C@]12CCC[C@H]1[C@@H]1CC[C@@H]3C[C@H](C#N)CC[C@]3(C)[C@@H]1CC2. The number of fused-ring (bicyclic) bond motifs is 5. The van der Waals surface area contributed by atoms with Gasteiger partial charge in [0.2, 0.25) is 0 Å². The second-order valence-corrected chi connectivity index (χ2v) is 9.34. The Morgan fingerprint density at radius 3 is 2.57 bits per heavy atom. The highest BCUT2D eigenvalue weighted by Crippen LogP contribution is 2.66. The van der Waals surface area contributed by atoms with Gasteiger partial charge in [0.1, 0.15) is 0 Å². The predicted octanol–water partition coefficient (Wildman–Crippen LogP) is 5.56. The average molecular weight is 285 g/mol. The molecule has 0 bridgehead atoms. The number of nitriles is 1. The minimum Gasteiger partial charge on any atom is -0.198 e. The molecule has 4 aliphatic carbocycles. The van der Waals surface area contributed by atoms with Crippen LogP contribution in [0.4, 0.5) is 0 Å². The highest BCUT2D eigenvalue weighted by Gasteiger charge is 2.57. The maximum Gasteiger partial charge on any atom is 0.0655 e. The third-order valence-corrected chi connectivity index (χ3v) is 8.63. The minimum atomic E-state index is 0.361. The van der Waals surface area contributed by atoms with Crippen LogP contribution < -0.4 is 0 Å². The Hall–Kier alpha value is -0.510. The van der Waals surface area contributed by atoms with Gasteiger partial charge in [0.05, 0.1) is 6.07 Å². The third kappa shape index (κ3) is 1.94. The van der Waals surface area contributed by atoms with Gasteiger partial charge in [0.25, 0.3) is 0 Å². The predicted molar refractivity (Wildman–Crippen MR) is 85.4 cm³/mol. The van der Waals surface area contributed by atoms with Crippen LogP contribution in [0.3, 0.4) is 0 Å². The van der Waals surface area contributed by atoms with Crippen LogP contribution in [-0.2, 0) is 0 Å². The lowest BCUT2D eigenvalue weighted by molar-refractivity contribution is -0.107. The van der Waals surface area contributed by atoms with Gasteiger partial charge in [-0.25, -0.2) is 0 Å². The summed E-state index contributed by atoms with van der Waals surface area (Å²) in [5, 5.41) is 9.30. The zero-order chi connectivity index (χ0) is 14.7. The van der Waals surface area contributed by atoms with Crippen molar-refractivity contribution in [1.82, 2.24) is 0 Å². The number of nitrogens with zero attached hydrogens (tertiary/aromatic N) is 1. The zero-order valence-electron chi connectivity index (χ0n) is 13.9. The first-order valence-corrected chi connectivity index (χ1v) is 9.46. The molecular formula is C20H31N. The Balaban J connectivity index is 1.60. The Morgan fingerprint density at radius 1 is 0.905 bits per heavy atom. The summed E-state index contributed by atoms with van der Waals surface area (Å²) in [5.74, 6) is 4.24. The fourth-order valence-corrected chi connectivity index (χ4v) is 7.37. The van der Waals surface area contributed by atoms with Crippen molar-refractivity contribution in [1.29, 1.82) is 5.26 Å². The van der Waals surface area contributed by atoms with Crippen LogP contribution >= 0.6 is 0 Å². The Morgan fingerprint density at radius 2 is 1.76 bits per heavy atom. The first-order valence-electron chi connectivity index (χ1n) is 9.46. The first-order chi connectivity index (χ1) is 10.1. The highest BCUT2D eigenvalue weighted by atomic mass is 14.6. The summed E-state index contributed by atoms with van der Waals surface area (Å²) in [6, 6.07) is 2.57. The molecule has 4 saturated carbocycles. The molecule has 0 N–H and O–H groups in total. The first kappa shape index (κ1) is 14.1. The van der Waals surface area contributed by atoms with Gasteiger partial charge < -0.3 is 0 Å². The molecule has 0 aromatic rings. The molecule has 0 spiro atoms. The summed E-state index contributed by atoms with van der Waals surface area (Å²) >= 11 is 0. The van der Waals surface area contributed by atoms with Crippen LogP contribution in [0.2, 0.25) is 0 Å². The van der Waals surface area contributed by atoms with Crippen molar-refractivity contribution in [3.63, 3.8) is 0 Å². The molecule has 4 fully saturated rings. The molecule has 1 heteroatoms. The van der Waals surface area contributed by atoms with Crippen LogP contribution in [-0.4, -0.2) is 0 Å². The lowest BCUT2D eigenvalue weighted by atomic mass is 9.45. The van der Waals surface area contributed by atoms with Crippen LogP contribution in [0.15, 0.2) is 0 Å². The Labute approximate surface area is 130 Å². The molecule has 0 aromatic heterocycles. The zero-order valence-corrected chi connectivity index (χ0v) is 13.9. The largest absolute Gasteiger partial charge is 0.198 e. The van der Waals surface area contributed by atoms with Gasteiger partial charge >= 0.3 is 0 Å². The molecule has 4 aliphatic rings. The van der Waals surface area contributed by atoms with Gasteiger partial charge in [-0.15, -0.1) is 0 Å². The molecule has 1 nitrogen and oxygen atoms in total. The van der Waals surface area contributed by atoms with Crippen molar-refractivity contribution in [3.05, 3.63) is 0 Å². The molecule has 7 atom stereocenters. The third-order valence-electron chi connectivity index (χ3n) is 8.63. The number of rotatable bonds is 0. The van der Waals surface area contributed by atoms with Crippen molar-refractivity contribution < 1.29 is 0 Å². The topological polar surface area (TPSA) is 23.8 Å². The lowest BCUT2D eigenvalue weighted by Gasteiger charge is -2.60. The standard InChI is InChI=1S/C20H31N/c1-19-9-3-4-17(19)16-6-5-15-12-14(13-21)7-11-20(15,2)18(16)8-10-19/h14-18H,3-12H2,1-2H3/t14-,15-,16+,17+,18-,19-,20+/m1/s1. The van der Waals surface area contributed by atoms with E-state index in [1.54, 1.807) is 0 Å². The van der Waals surface area contributed by atoms with E-state index in [1.807, 2.05) is 0 Å². The number of hydrogen-bond acceptors (Lipinski definition) is 1. The van der Waals surface area contributed by atoms with Crippen LogP contribution in [0.5, 0.6) is 0 Å². The monoisotopic (exact) mass is 285 g/mol. The Kier molecular flexibility index (Phi) is 3.18. The van der Waals surface area contributed by atoms with Gasteiger partial charge in [-0.3, -0.25) is 0 Å². The van der Waals surface area contributed by atoms with E-state index < -0.39 is 0 Å². The summed E-state index contributed by atoms with van der Waals surface area (Å²) in [7, 11) is 0. The summed E-state index contributed by atoms with van der Waals surface area (Å²) in [4.78, 5) is 0. The fourth-order valence-electron chi connectivity index (χ4n) is 7.37. The van der Waals surface area contributed by atoms with Crippen molar-refractivity contribution in [2.24, 2.45) is 40.4 Å². The number of hydrogen-bond donors (Lipinski definition) is 0. The van der Waals surface area contributed by atoms with E-state index in [0.29, 0.717) is 16.7 Å². The van der Waals surface area contributed by atoms with Gasteiger partial charge in [0, 0.05) is 5.92 Å². The average Bonchev–Trinajstić information content (AvgIpc) is 2.88. The molecule has 116 valence electrons. The maximum atomic E-state index is 9.30. The molecule has 0 aromatic carbocycles. The molecule has 0 radical (unpaired) electrons. The van der Waals surface area contributed by atoms with Crippen molar-refractivity contribution in [2.75, 3.05) is 0 Å².